The Hall–Kier alpha value is -4.00. The highest BCUT2D eigenvalue weighted by molar-refractivity contribution is 6.16. The van der Waals surface area contributed by atoms with Gasteiger partial charge in [0, 0.05) is 11.1 Å². The molecule has 0 radical (unpaired) electrons. The number of halogens is 2. The maximum atomic E-state index is 13.6. The highest BCUT2D eigenvalue weighted by Gasteiger charge is 2.29. The largest absolute Gasteiger partial charge is 0.478 e. The quantitative estimate of drug-likeness (QED) is 0.385. The van der Waals surface area contributed by atoms with E-state index >= 15 is 0 Å². The van der Waals surface area contributed by atoms with Crippen LogP contribution >= 0.6 is 0 Å². The van der Waals surface area contributed by atoms with Crippen molar-refractivity contribution in [3.63, 3.8) is 0 Å². The Kier molecular flexibility index (Phi) is 6.39. The summed E-state index contributed by atoms with van der Waals surface area (Å²) < 4.78 is 32.6. The van der Waals surface area contributed by atoms with E-state index in [0.29, 0.717) is 17.1 Å². The molecule has 0 bridgehead atoms. The van der Waals surface area contributed by atoms with E-state index < -0.39 is 34.7 Å². The zero-order valence-corrected chi connectivity index (χ0v) is 17.6. The molecule has 0 saturated heterocycles. The molecule has 1 heterocycles. The van der Waals surface area contributed by atoms with E-state index in [1.807, 2.05) is 0 Å². The summed E-state index contributed by atoms with van der Waals surface area (Å²) in [7, 11) is 0. The molecule has 0 aliphatic rings. The van der Waals surface area contributed by atoms with Crippen molar-refractivity contribution in [1.29, 1.82) is 0 Å². The summed E-state index contributed by atoms with van der Waals surface area (Å²) in [5, 5.41) is 20.2. The Morgan fingerprint density at radius 3 is 1.56 bits per heavy atom. The number of hydrogen-bond donors (Lipinski definition) is 2. The molecule has 5 nitrogen and oxygen atoms in total. The van der Waals surface area contributed by atoms with Crippen LogP contribution in [0.25, 0.3) is 11.1 Å². The average molecular weight is 438 g/mol. The maximum absolute atomic E-state index is 13.6. The Morgan fingerprint density at radius 2 is 1.22 bits per heavy atom. The maximum Gasteiger partial charge on any atom is 0.337 e. The number of carboxylic acid groups (broad SMARTS) is 2. The number of carboxylic acids is 2. The van der Waals surface area contributed by atoms with Gasteiger partial charge >= 0.3 is 11.9 Å². The lowest BCUT2D eigenvalue weighted by Gasteiger charge is -2.16. The number of benzene rings is 2. The second-order valence-electron chi connectivity index (χ2n) is 7.20. The predicted octanol–water partition coefficient (Wildman–Crippen LogP) is 5.62. The molecule has 2 N–H and O–H groups in total. The van der Waals surface area contributed by atoms with Crippen molar-refractivity contribution in [2.24, 2.45) is 0 Å². The minimum atomic E-state index is -1.50. The van der Waals surface area contributed by atoms with Gasteiger partial charge in [0.25, 0.3) is 0 Å². The van der Waals surface area contributed by atoms with Gasteiger partial charge in [-0.1, -0.05) is 24.3 Å². The average Bonchev–Trinajstić information content (AvgIpc) is 3.07. The van der Waals surface area contributed by atoms with Gasteiger partial charge in [-0.25, -0.2) is 18.4 Å². The minimum absolute atomic E-state index is 0.0205. The third-order valence-electron chi connectivity index (χ3n) is 5.01. The summed E-state index contributed by atoms with van der Waals surface area (Å²) in [6.45, 7) is 4.84. The summed E-state index contributed by atoms with van der Waals surface area (Å²) in [6, 6.07) is 11.6. The lowest BCUT2D eigenvalue weighted by atomic mass is 9.86. The number of hydrogen-bond acceptors (Lipinski definition) is 3. The van der Waals surface area contributed by atoms with Crippen LogP contribution in [-0.2, 0) is 9.59 Å². The Morgan fingerprint density at radius 1 is 0.781 bits per heavy atom. The second kappa shape index (κ2) is 9.01. The standard InChI is InChI=1S/C25H20F2O5/c1-13-12-20(15(3)32-13)14(2)21(24(28)29)23(25(30)31)22(16-4-8-18(26)9-5-16)17-6-10-19(27)11-7-17/h4-12H,1-3H3,(H,28,29)(H,30,31)/b21-14+. The van der Waals surface area contributed by atoms with E-state index in [9.17, 15) is 28.6 Å². The smallest absolute Gasteiger partial charge is 0.337 e. The van der Waals surface area contributed by atoms with E-state index in [-0.39, 0.29) is 22.3 Å². The SMILES string of the molecule is C/C(=C(\C(=O)O)C(C(=O)O)=C(c1ccc(F)cc1)c1ccc(F)cc1)c1cc(C)oc1C. The summed E-state index contributed by atoms with van der Waals surface area (Å²) >= 11 is 0. The normalized spacial score (nSPS) is 11.7. The van der Waals surface area contributed by atoms with E-state index in [0.717, 1.165) is 24.3 Å². The molecule has 3 rings (SSSR count). The van der Waals surface area contributed by atoms with E-state index in [4.69, 9.17) is 4.42 Å². The molecular weight excluding hydrogens is 418 g/mol. The molecule has 164 valence electrons. The first kappa shape index (κ1) is 22.7. The first-order chi connectivity index (χ1) is 15.1. The molecule has 0 unspecified atom stereocenters. The van der Waals surface area contributed by atoms with Crippen molar-refractivity contribution in [3.05, 3.63) is 106 Å². The van der Waals surface area contributed by atoms with Gasteiger partial charge in [0.2, 0.25) is 0 Å². The number of aliphatic carboxylic acids is 2. The fourth-order valence-electron chi connectivity index (χ4n) is 3.62. The molecule has 32 heavy (non-hydrogen) atoms. The van der Waals surface area contributed by atoms with Crippen LogP contribution in [0.3, 0.4) is 0 Å². The minimum Gasteiger partial charge on any atom is -0.478 e. The fraction of sp³-hybridized carbons (Fsp3) is 0.120. The molecular formula is C25H20F2O5. The first-order valence-corrected chi connectivity index (χ1v) is 9.61. The molecule has 0 atom stereocenters. The number of carbonyl (C=O) groups is 2. The van der Waals surface area contributed by atoms with Gasteiger partial charge in [-0.05, 0) is 67.8 Å². The van der Waals surface area contributed by atoms with Gasteiger partial charge in [0.05, 0.1) is 11.1 Å². The highest BCUT2D eigenvalue weighted by Crippen LogP contribution is 2.35. The topological polar surface area (TPSA) is 87.7 Å². The van der Waals surface area contributed by atoms with Gasteiger partial charge in [-0.15, -0.1) is 0 Å². The van der Waals surface area contributed by atoms with Crippen molar-refractivity contribution in [3.8, 4) is 0 Å². The van der Waals surface area contributed by atoms with Crippen molar-refractivity contribution in [1.82, 2.24) is 0 Å². The van der Waals surface area contributed by atoms with Crippen molar-refractivity contribution in [2.75, 3.05) is 0 Å². The van der Waals surface area contributed by atoms with Crippen LogP contribution in [0.5, 0.6) is 0 Å². The lowest BCUT2D eigenvalue weighted by Crippen LogP contribution is -2.16. The van der Waals surface area contributed by atoms with Crippen LogP contribution in [-0.4, -0.2) is 22.2 Å². The van der Waals surface area contributed by atoms with Gasteiger partial charge in [-0.2, -0.15) is 0 Å². The molecule has 3 aromatic rings. The molecule has 0 saturated carbocycles. The zero-order valence-electron chi connectivity index (χ0n) is 17.6. The molecule has 0 amide bonds. The van der Waals surface area contributed by atoms with Gasteiger partial charge in [0.15, 0.2) is 0 Å². The Labute approximate surface area is 182 Å². The monoisotopic (exact) mass is 438 g/mol. The highest BCUT2D eigenvalue weighted by atomic mass is 19.1. The van der Waals surface area contributed by atoms with Crippen LogP contribution in [0.4, 0.5) is 8.78 Å². The third kappa shape index (κ3) is 4.51. The van der Waals surface area contributed by atoms with Gasteiger partial charge in [-0.3, -0.25) is 0 Å². The molecule has 0 spiro atoms. The van der Waals surface area contributed by atoms with Crippen LogP contribution in [0.2, 0.25) is 0 Å². The van der Waals surface area contributed by atoms with Crippen LogP contribution in [0, 0.1) is 25.5 Å². The summed E-state index contributed by atoms with van der Waals surface area (Å²) in [5.41, 5.74) is 0.231. The molecule has 0 aliphatic carbocycles. The summed E-state index contributed by atoms with van der Waals surface area (Å²) in [5.74, 6) is -3.06. The van der Waals surface area contributed by atoms with Crippen LogP contribution in [0.1, 0.15) is 35.1 Å². The van der Waals surface area contributed by atoms with Gasteiger partial charge in [0.1, 0.15) is 23.2 Å². The first-order valence-electron chi connectivity index (χ1n) is 9.61. The van der Waals surface area contributed by atoms with E-state index in [2.05, 4.69) is 0 Å². The molecule has 7 heteroatoms. The van der Waals surface area contributed by atoms with Gasteiger partial charge < -0.3 is 14.6 Å². The summed E-state index contributed by atoms with van der Waals surface area (Å²) in [4.78, 5) is 24.8. The zero-order chi connectivity index (χ0) is 23.6. The molecule has 0 fully saturated rings. The predicted molar refractivity (Wildman–Crippen MR) is 115 cm³/mol. The van der Waals surface area contributed by atoms with Crippen LogP contribution < -0.4 is 0 Å². The number of allylic oxidation sites excluding steroid dienone is 1. The number of furan rings is 1. The number of aryl methyl sites for hydroxylation is 2. The second-order valence-corrected chi connectivity index (χ2v) is 7.20. The van der Waals surface area contributed by atoms with Crippen molar-refractivity contribution < 1.29 is 33.0 Å². The molecule has 0 aliphatic heterocycles. The van der Waals surface area contributed by atoms with Crippen molar-refractivity contribution >= 4 is 23.1 Å². The molecule has 2 aromatic carbocycles. The lowest BCUT2D eigenvalue weighted by molar-refractivity contribution is -0.136. The summed E-state index contributed by atoms with van der Waals surface area (Å²) in [6.07, 6.45) is 0. The Balaban J connectivity index is 2.46. The number of rotatable bonds is 6. The Bertz CT molecular complexity index is 1200. The molecule has 1 aromatic heterocycles. The third-order valence-corrected chi connectivity index (χ3v) is 5.01. The van der Waals surface area contributed by atoms with Crippen molar-refractivity contribution in [2.45, 2.75) is 20.8 Å². The van der Waals surface area contributed by atoms with E-state index in [1.165, 1.54) is 31.2 Å². The fourth-order valence-corrected chi connectivity index (χ4v) is 3.62. The van der Waals surface area contributed by atoms with Crippen LogP contribution in [0.15, 0.2) is 70.2 Å². The van der Waals surface area contributed by atoms with E-state index in [1.54, 1.807) is 19.9 Å².